The van der Waals surface area contributed by atoms with E-state index in [-0.39, 0.29) is 51.5 Å². The molecular weight excluding hydrogens is 1060 g/mol. The number of ketones is 3. The molecule has 402 valence electrons. The van der Waals surface area contributed by atoms with Crippen LogP contribution in [0.25, 0.3) is 16.9 Å². The number of halogens is 10. The van der Waals surface area contributed by atoms with Gasteiger partial charge in [0.2, 0.25) is 25.8 Å². The van der Waals surface area contributed by atoms with E-state index in [2.05, 4.69) is 15.3 Å². The molecule has 74 heavy (non-hydrogen) atoms. The summed E-state index contributed by atoms with van der Waals surface area (Å²) in [5, 5.41) is 13.6. The van der Waals surface area contributed by atoms with Crippen LogP contribution in [-0.4, -0.2) is 68.9 Å². The fourth-order valence-corrected chi connectivity index (χ4v) is 6.28. The van der Waals surface area contributed by atoms with Crippen LogP contribution in [-0.2, 0) is 40.5 Å². The number of hydrogen-bond donors (Lipinski definition) is 4. The number of sulfonamides is 2. The van der Waals surface area contributed by atoms with Gasteiger partial charge in [0.25, 0.3) is 0 Å². The molecule has 1 aromatic heterocycles. The summed E-state index contributed by atoms with van der Waals surface area (Å²) in [6.45, 7) is 8.29. The number of nitrogens with one attached hydrogen (secondary N) is 1. The van der Waals surface area contributed by atoms with Crippen molar-refractivity contribution < 1.29 is 80.3 Å². The molecule has 0 aliphatic carbocycles. The number of hydrogen-bond acceptors (Lipinski definition) is 12. The van der Waals surface area contributed by atoms with E-state index in [9.17, 15) is 75.5 Å². The first-order chi connectivity index (χ1) is 33.6. The van der Waals surface area contributed by atoms with Gasteiger partial charge in [0, 0.05) is 22.4 Å². The van der Waals surface area contributed by atoms with E-state index in [0.29, 0.717) is 11.3 Å². The molecule has 5 aromatic carbocycles. The first kappa shape index (κ1) is 65.0. The highest BCUT2D eigenvalue weighted by molar-refractivity contribution is 7.89. The average Bonchev–Trinajstić information content (AvgIpc) is 3.76. The molecule has 0 bridgehead atoms. The van der Waals surface area contributed by atoms with E-state index in [1.54, 1.807) is 50.2 Å². The zero-order valence-electron chi connectivity index (χ0n) is 39.5. The highest BCUT2D eigenvalue weighted by Gasteiger charge is 2.41. The largest absolute Gasteiger partial charge is 0.490 e. The van der Waals surface area contributed by atoms with Crippen LogP contribution in [0.15, 0.2) is 137 Å². The average molecular weight is 1110 g/mol. The van der Waals surface area contributed by atoms with Crippen LogP contribution in [0.1, 0.15) is 63.4 Å². The normalized spacial score (nSPS) is 11.2. The van der Waals surface area contributed by atoms with Crippen LogP contribution in [0, 0.1) is 20.8 Å². The van der Waals surface area contributed by atoms with Gasteiger partial charge in [-0.05, 0) is 89.2 Å². The number of anilines is 1. The Balaban J connectivity index is 0.000000493. The first-order valence-corrected chi connectivity index (χ1v) is 23.7. The van der Waals surface area contributed by atoms with E-state index in [1.807, 2.05) is 38.1 Å². The maximum absolute atomic E-state index is 13.1. The number of ether oxygens (including phenoxy) is 1. The van der Waals surface area contributed by atoms with Crippen molar-refractivity contribution in [1.29, 1.82) is 0 Å². The fourth-order valence-electron chi connectivity index (χ4n) is 5.25. The first-order valence-electron chi connectivity index (χ1n) is 20.6. The number of Topliss-reactive ketones (excluding diaryl/α,β-unsaturated/α-hetero) is 3. The predicted molar refractivity (Wildman–Crippen MR) is 258 cm³/mol. The molecular formula is C47H48ClF9N6O9S2. The van der Waals surface area contributed by atoms with E-state index in [0.717, 1.165) is 27.4 Å². The van der Waals surface area contributed by atoms with Gasteiger partial charge in [0.1, 0.15) is 0 Å². The summed E-state index contributed by atoms with van der Waals surface area (Å²) in [6.07, 6.45) is -15.5. The van der Waals surface area contributed by atoms with E-state index < -0.39 is 68.2 Å². The molecule has 1 heterocycles. The van der Waals surface area contributed by atoms with Gasteiger partial charge in [-0.15, -0.1) is 12.4 Å². The molecule has 6 aromatic rings. The van der Waals surface area contributed by atoms with Crippen molar-refractivity contribution in [1.82, 2.24) is 9.78 Å². The Morgan fingerprint density at radius 1 is 0.622 bits per heavy atom. The van der Waals surface area contributed by atoms with Gasteiger partial charge in [-0.2, -0.15) is 44.6 Å². The van der Waals surface area contributed by atoms with E-state index in [1.165, 1.54) is 73.2 Å². The van der Waals surface area contributed by atoms with Gasteiger partial charge in [0.15, 0.2) is 17.3 Å². The van der Waals surface area contributed by atoms with E-state index >= 15 is 0 Å². The number of carbonyl (C=O) groups excluding carboxylic acids is 4. The maximum atomic E-state index is 13.1. The minimum Gasteiger partial charge on any atom is -0.459 e. The van der Waals surface area contributed by atoms with Crippen molar-refractivity contribution in [2.24, 2.45) is 16.1 Å². The van der Waals surface area contributed by atoms with Crippen LogP contribution in [0.4, 0.5) is 45.2 Å². The Bertz CT molecular complexity index is 3030. The summed E-state index contributed by atoms with van der Waals surface area (Å²) >= 11 is 0. The van der Waals surface area contributed by atoms with Crippen LogP contribution >= 0.6 is 12.4 Å². The number of nitrogen functional groups attached to an aromatic ring is 1. The number of primary sulfonamides is 2. The lowest BCUT2D eigenvalue weighted by Crippen LogP contribution is -2.25. The fraction of sp³-hybridized carbons (Fsp3) is 0.213. The van der Waals surface area contributed by atoms with Gasteiger partial charge < -0.3 is 10.2 Å². The minimum atomic E-state index is -4.94. The molecule has 27 heteroatoms. The summed E-state index contributed by atoms with van der Waals surface area (Å²) in [6, 6.07) is 32.5. The zero-order chi connectivity index (χ0) is 55.7. The Kier molecular flexibility index (Phi) is 24.5. The number of nitrogens with zero attached hydrogens (tertiary/aromatic N) is 2. The van der Waals surface area contributed by atoms with Crippen molar-refractivity contribution >= 4 is 61.5 Å². The van der Waals surface area contributed by atoms with Gasteiger partial charge in [-0.1, -0.05) is 89.5 Å². The molecule has 0 saturated carbocycles. The Labute approximate surface area is 425 Å². The van der Waals surface area contributed by atoms with E-state index in [4.69, 9.17) is 16.1 Å². The van der Waals surface area contributed by atoms with Crippen molar-refractivity contribution in [2.75, 3.05) is 12.0 Å². The van der Waals surface area contributed by atoms with Crippen LogP contribution in [0.3, 0.4) is 0 Å². The Morgan fingerprint density at radius 3 is 1.36 bits per heavy atom. The highest BCUT2D eigenvalue weighted by Crippen LogP contribution is 2.33. The van der Waals surface area contributed by atoms with Gasteiger partial charge >= 0.3 is 24.5 Å². The predicted octanol–water partition coefficient (Wildman–Crippen LogP) is 9.56. The lowest BCUT2D eigenvalue weighted by atomic mass is 10.0. The second-order valence-corrected chi connectivity index (χ2v) is 18.1. The molecule has 0 aliphatic heterocycles. The molecule has 0 atom stereocenters. The lowest BCUT2D eigenvalue weighted by molar-refractivity contribution is -0.199. The number of benzene rings is 5. The number of aryl methyl sites for hydroxylation is 3. The maximum Gasteiger partial charge on any atom is 0.490 e. The SMILES string of the molecule is CC(=O)c1ccc(C)cc1.CCOC(=O)C(F)(F)F.Cc1ccc(-c2cc(C(F)(F)F)nn2-c2ccc(S(N)(=O)=O)cc2)cc1.Cc1ccc(C(=O)CC(=O)C(F)(F)F)cc1.Cl.NNc1ccc(S(N)(=O)=O)cc1. The standard InChI is InChI=1S/C17H14F3N3O2S.C11H9F3O2.C9H10O.C6H9N3O2S.C4H5F3O2.ClH/c1-11-2-4-12(5-3-11)15-10-16(17(18,19)20)22-23(15)13-6-8-14(9-7-13)26(21,24)25;1-7-2-4-8(5-3-7)9(15)6-10(16)11(12,13)14;1-7-3-5-9(6-4-7)8(2)10;7-9-5-1-3-6(4-2-5)12(8,10)11;1-2-9-3(8)4(5,6)7;/h2-10H,1H3,(H2,21,24,25);2-5H,6H2,1H3;3-6H,1-2H3;1-4,9H,7H2,(H2,8,10,11);2H2,1H3;1H. The van der Waals surface area contributed by atoms with Crippen LogP contribution < -0.4 is 21.5 Å². The van der Waals surface area contributed by atoms with Crippen molar-refractivity contribution in [2.45, 2.75) is 69.4 Å². The number of alkyl halides is 9. The Hall–Kier alpha value is -6.97. The number of aromatic nitrogens is 2. The quantitative estimate of drug-likeness (QED) is 0.0250. The number of esters is 1. The molecule has 0 amide bonds. The number of nitrogens with two attached hydrogens (primary N) is 3. The Morgan fingerprint density at radius 2 is 1.03 bits per heavy atom. The van der Waals surface area contributed by atoms with Gasteiger partial charge in [0.05, 0.1) is 34.2 Å². The molecule has 0 spiro atoms. The summed E-state index contributed by atoms with van der Waals surface area (Å²) in [5.41, 5.74) is 6.96. The van der Waals surface area contributed by atoms with Crippen LogP contribution in [0.2, 0.25) is 0 Å². The number of carbonyl (C=O) groups is 4. The number of rotatable bonds is 10. The molecule has 0 fully saturated rings. The monoisotopic (exact) mass is 1110 g/mol. The highest BCUT2D eigenvalue weighted by atomic mass is 35.5. The second-order valence-electron chi connectivity index (χ2n) is 15.0. The van der Waals surface area contributed by atoms with Gasteiger partial charge in [-0.25, -0.2) is 36.6 Å². The number of hydrazine groups is 1. The van der Waals surface area contributed by atoms with Crippen LogP contribution in [0.5, 0.6) is 0 Å². The molecule has 0 radical (unpaired) electrons. The molecule has 0 saturated heterocycles. The molecule has 7 N–H and O–H groups in total. The summed E-state index contributed by atoms with van der Waals surface area (Å²) in [7, 11) is -7.49. The van der Waals surface area contributed by atoms with Crippen molar-refractivity contribution in [3.8, 4) is 16.9 Å². The minimum absolute atomic E-state index is 0. The summed E-state index contributed by atoms with van der Waals surface area (Å²) in [5.74, 6) is 0.236. The molecule has 15 nitrogen and oxygen atoms in total. The summed E-state index contributed by atoms with van der Waals surface area (Å²) in [4.78, 5) is 42.3. The van der Waals surface area contributed by atoms with Gasteiger partial charge in [-0.3, -0.25) is 20.2 Å². The molecule has 0 aliphatic rings. The van der Waals surface area contributed by atoms with Crippen molar-refractivity contribution in [3.05, 3.63) is 161 Å². The molecule has 0 unspecified atom stereocenters. The molecule has 6 rings (SSSR count). The third-order valence-electron chi connectivity index (χ3n) is 9.08. The topological polar surface area (TPSA) is 254 Å². The summed E-state index contributed by atoms with van der Waals surface area (Å²) < 4.78 is 157. The lowest BCUT2D eigenvalue weighted by Gasteiger charge is -2.09. The third-order valence-corrected chi connectivity index (χ3v) is 10.9. The smallest absolute Gasteiger partial charge is 0.459 e. The van der Waals surface area contributed by atoms with Crippen molar-refractivity contribution in [3.63, 3.8) is 0 Å². The second kappa shape index (κ2) is 27.9. The zero-order valence-corrected chi connectivity index (χ0v) is 41.9. The third kappa shape index (κ3) is 22.0.